The van der Waals surface area contributed by atoms with Crippen LogP contribution in [0.5, 0.6) is 5.75 Å². The van der Waals surface area contributed by atoms with Crippen LogP contribution < -0.4 is 15.8 Å². The lowest BCUT2D eigenvalue weighted by molar-refractivity contribution is -0.137. The number of ether oxygens (including phenoxy) is 1. The molecule has 0 saturated carbocycles. The standard InChI is InChI=1S/C12H16N2O3/c13-9(6-12(15)16)7-14-10-1-2-11-8(5-10)3-4-17-11/h1-2,5,9,14H,3-4,6-7,13H2,(H,15,16). The predicted molar refractivity (Wildman–Crippen MR) is 64.4 cm³/mol. The highest BCUT2D eigenvalue weighted by molar-refractivity contribution is 5.67. The third-order valence-electron chi connectivity index (χ3n) is 2.69. The Morgan fingerprint density at radius 3 is 3.18 bits per heavy atom. The fourth-order valence-electron chi connectivity index (χ4n) is 1.84. The molecule has 0 radical (unpaired) electrons. The molecule has 0 saturated heterocycles. The minimum absolute atomic E-state index is 0.0267. The largest absolute Gasteiger partial charge is 0.493 e. The summed E-state index contributed by atoms with van der Waals surface area (Å²) in [5.41, 5.74) is 7.80. The van der Waals surface area contributed by atoms with Crippen molar-refractivity contribution < 1.29 is 14.6 Å². The molecular formula is C12H16N2O3. The van der Waals surface area contributed by atoms with E-state index in [1.807, 2.05) is 18.2 Å². The first-order chi connectivity index (χ1) is 8.15. The normalized spacial score (nSPS) is 14.9. The number of carbonyl (C=O) groups is 1. The van der Waals surface area contributed by atoms with Gasteiger partial charge >= 0.3 is 5.97 Å². The topological polar surface area (TPSA) is 84.6 Å². The lowest BCUT2D eigenvalue weighted by Gasteiger charge is -2.12. The van der Waals surface area contributed by atoms with E-state index in [0.29, 0.717) is 6.54 Å². The second kappa shape index (κ2) is 5.05. The Bertz CT molecular complexity index is 420. The zero-order chi connectivity index (χ0) is 12.3. The van der Waals surface area contributed by atoms with E-state index in [2.05, 4.69) is 5.32 Å². The maximum atomic E-state index is 10.5. The zero-order valence-electron chi connectivity index (χ0n) is 9.48. The zero-order valence-corrected chi connectivity index (χ0v) is 9.48. The number of hydrogen-bond acceptors (Lipinski definition) is 4. The summed E-state index contributed by atoms with van der Waals surface area (Å²) in [6.07, 6.45) is 0.896. The van der Waals surface area contributed by atoms with Crippen molar-refractivity contribution in [2.45, 2.75) is 18.9 Å². The van der Waals surface area contributed by atoms with Gasteiger partial charge in [0.15, 0.2) is 0 Å². The van der Waals surface area contributed by atoms with Gasteiger partial charge in [0.1, 0.15) is 5.75 Å². The van der Waals surface area contributed by atoms with Crippen molar-refractivity contribution in [3.63, 3.8) is 0 Å². The molecule has 1 aliphatic rings. The van der Waals surface area contributed by atoms with Crippen LogP contribution in [0.1, 0.15) is 12.0 Å². The van der Waals surface area contributed by atoms with Gasteiger partial charge in [-0.25, -0.2) is 0 Å². The number of carboxylic acid groups (broad SMARTS) is 1. The Hall–Kier alpha value is -1.75. The van der Waals surface area contributed by atoms with Gasteiger partial charge in [0, 0.05) is 24.7 Å². The Morgan fingerprint density at radius 2 is 2.41 bits per heavy atom. The number of benzene rings is 1. The van der Waals surface area contributed by atoms with E-state index in [0.717, 1.165) is 24.5 Å². The fraction of sp³-hybridized carbons (Fsp3) is 0.417. The molecular weight excluding hydrogens is 220 g/mol. The van der Waals surface area contributed by atoms with E-state index >= 15 is 0 Å². The third-order valence-corrected chi connectivity index (χ3v) is 2.69. The first-order valence-corrected chi connectivity index (χ1v) is 5.62. The summed E-state index contributed by atoms with van der Waals surface area (Å²) in [5.74, 6) is 0.0621. The highest BCUT2D eigenvalue weighted by Crippen LogP contribution is 2.27. The van der Waals surface area contributed by atoms with Gasteiger partial charge in [0.05, 0.1) is 13.0 Å². The maximum absolute atomic E-state index is 10.5. The monoisotopic (exact) mass is 236 g/mol. The smallest absolute Gasteiger partial charge is 0.304 e. The Kier molecular flexibility index (Phi) is 3.49. The summed E-state index contributed by atoms with van der Waals surface area (Å²) >= 11 is 0. The minimum atomic E-state index is -0.873. The van der Waals surface area contributed by atoms with Crippen molar-refractivity contribution in [2.75, 3.05) is 18.5 Å². The average molecular weight is 236 g/mol. The van der Waals surface area contributed by atoms with Crippen LogP contribution in [0.2, 0.25) is 0 Å². The molecule has 2 rings (SSSR count). The SMILES string of the molecule is NC(CNc1ccc2c(c1)CCO2)CC(=O)O. The van der Waals surface area contributed by atoms with Crippen LogP contribution in [0.3, 0.4) is 0 Å². The molecule has 5 heteroatoms. The molecule has 0 aromatic heterocycles. The van der Waals surface area contributed by atoms with Crippen molar-refractivity contribution in [3.8, 4) is 5.75 Å². The summed E-state index contributed by atoms with van der Waals surface area (Å²) in [6.45, 7) is 1.18. The van der Waals surface area contributed by atoms with E-state index in [1.165, 1.54) is 5.56 Å². The number of fused-ring (bicyclic) bond motifs is 1. The fourth-order valence-corrected chi connectivity index (χ4v) is 1.84. The summed E-state index contributed by atoms with van der Waals surface area (Å²) < 4.78 is 5.40. The van der Waals surface area contributed by atoms with Crippen LogP contribution in [0.25, 0.3) is 0 Å². The number of nitrogens with two attached hydrogens (primary N) is 1. The molecule has 1 heterocycles. The van der Waals surface area contributed by atoms with Crippen LogP contribution >= 0.6 is 0 Å². The number of nitrogens with one attached hydrogen (secondary N) is 1. The molecule has 5 nitrogen and oxygen atoms in total. The molecule has 92 valence electrons. The van der Waals surface area contributed by atoms with Crippen LogP contribution in [-0.2, 0) is 11.2 Å². The van der Waals surface area contributed by atoms with E-state index in [4.69, 9.17) is 15.6 Å². The first-order valence-electron chi connectivity index (χ1n) is 5.62. The van der Waals surface area contributed by atoms with E-state index in [1.54, 1.807) is 0 Å². The Morgan fingerprint density at radius 1 is 1.59 bits per heavy atom. The van der Waals surface area contributed by atoms with Gasteiger partial charge in [-0.2, -0.15) is 0 Å². The van der Waals surface area contributed by atoms with Gasteiger partial charge < -0.3 is 20.9 Å². The molecule has 0 fully saturated rings. The number of hydrogen-bond donors (Lipinski definition) is 3. The van der Waals surface area contributed by atoms with Crippen LogP contribution in [-0.4, -0.2) is 30.3 Å². The predicted octanol–water partition coefficient (Wildman–Crippen LogP) is 0.835. The number of aliphatic carboxylic acids is 1. The molecule has 4 N–H and O–H groups in total. The van der Waals surface area contributed by atoms with Crippen LogP contribution in [0, 0.1) is 0 Å². The molecule has 0 bridgehead atoms. The van der Waals surface area contributed by atoms with Gasteiger partial charge in [-0.3, -0.25) is 4.79 Å². The quantitative estimate of drug-likeness (QED) is 0.705. The van der Waals surface area contributed by atoms with Crippen molar-refractivity contribution in [3.05, 3.63) is 23.8 Å². The average Bonchev–Trinajstić information content (AvgIpc) is 2.72. The summed E-state index contributed by atoms with van der Waals surface area (Å²) in [5, 5.41) is 11.7. The summed E-state index contributed by atoms with van der Waals surface area (Å²) in [6, 6.07) is 5.48. The molecule has 1 aliphatic heterocycles. The van der Waals surface area contributed by atoms with Crippen molar-refractivity contribution in [1.29, 1.82) is 0 Å². The molecule has 1 atom stereocenters. The molecule has 0 aliphatic carbocycles. The third kappa shape index (κ3) is 3.10. The summed E-state index contributed by atoms with van der Waals surface area (Å²) in [7, 11) is 0. The van der Waals surface area contributed by atoms with E-state index in [9.17, 15) is 4.79 Å². The van der Waals surface area contributed by atoms with Gasteiger partial charge in [0.25, 0.3) is 0 Å². The molecule has 17 heavy (non-hydrogen) atoms. The molecule has 1 unspecified atom stereocenters. The van der Waals surface area contributed by atoms with Crippen LogP contribution in [0.15, 0.2) is 18.2 Å². The lowest BCUT2D eigenvalue weighted by Crippen LogP contribution is -2.31. The second-order valence-electron chi connectivity index (χ2n) is 4.16. The van der Waals surface area contributed by atoms with Gasteiger partial charge in [-0.15, -0.1) is 0 Å². The molecule has 1 aromatic rings. The Labute approximate surface area is 99.6 Å². The summed E-state index contributed by atoms with van der Waals surface area (Å²) in [4.78, 5) is 10.5. The van der Waals surface area contributed by atoms with Crippen molar-refractivity contribution >= 4 is 11.7 Å². The number of anilines is 1. The molecule has 0 spiro atoms. The highest BCUT2D eigenvalue weighted by atomic mass is 16.5. The molecule has 1 aromatic carbocycles. The molecule has 0 amide bonds. The number of carboxylic acids is 1. The van der Waals surface area contributed by atoms with Gasteiger partial charge in [-0.1, -0.05) is 0 Å². The van der Waals surface area contributed by atoms with Gasteiger partial charge in [0.2, 0.25) is 0 Å². The number of rotatable bonds is 5. The highest BCUT2D eigenvalue weighted by Gasteiger charge is 2.12. The Balaban J connectivity index is 1.89. The van der Waals surface area contributed by atoms with Crippen molar-refractivity contribution in [1.82, 2.24) is 0 Å². The first kappa shape index (κ1) is 11.7. The minimum Gasteiger partial charge on any atom is -0.493 e. The van der Waals surface area contributed by atoms with E-state index < -0.39 is 5.97 Å². The lowest BCUT2D eigenvalue weighted by atomic mass is 10.1. The maximum Gasteiger partial charge on any atom is 0.304 e. The van der Waals surface area contributed by atoms with E-state index in [-0.39, 0.29) is 12.5 Å². The van der Waals surface area contributed by atoms with Gasteiger partial charge in [-0.05, 0) is 23.8 Å². The van der Waals surface area contributed by atoms with Crippen LogP contribution in [0.4, 0.5) is 5.69 Å². The van der Waals surface area contributed by atoms with Crippen molar-refractivity contribution in [2.24, 2.45) is 5.73 Å². The second-order valence-corrected chi connectivity index (χ2v) is 4.16.